The summed E-state index contributed by atoms with van der Waals surface area (Å²) in [7, 11) is 0. The summed E-state index contributed by atoms with van der Waals surface area (Å²) < 4.78 is 0. The molecule has 0 aromatic carbocycles. The molecule has 0 bridgehead atoms. The Bertz CT molecular complexity index is 192. The lowest BCUT2D eigenvalue weighted by atomic mass is 10.1. The molecule has 0 amide bonds. The lowest BCUT2D eigenvalue weighted by Gasteiger charge is -2.29. The van der Waals surface area contributed by atoms with Crippen LogP contribution in [0.25, 0.3) is 0 Å². The zero-order chi connectivity index (χ0) is 10.9. The number of nitrogens with one attached hydrogen (secondary N) is 1. The lowest BCUT2D eigenvalue weighted by Crippen LogP contribution is -2.41. The predicted octanol–water partition coefficient (Wildman–Crippen LogP) is 1.75. The van der Waals surface area contributed by atoms with E-state index in [-0.39, 0.29) is 0 Å². The normalized spacial score (nSPS) is 19.7. The topological polar surface area (TPSA) is 39.1 Å². The minimum absolute atomic E-state index is 0.557. The highest BCUT2D eigenvalue weighted by molar-refractivity contribution is 4.73. The van der Waals surface area contributed by atoms with Crippen molar-refractivity contribution in [2.24, 2.45) is 0 Å². The molecule has 1 aliphatic rings. The van der Waals surface area contributed by atoms with E-state index >= 15 is 0 Å². The van der Waals surface area contributed by atoms with Crippen molar-refractivity contribution in [1.82, 2.24) is 10.2 Å². The van der Waals surface area contributed by atoms with Gasteiger partial charge in [0.1, 0.15) is 0 Å². The van der Waals surface area contributed by atoms with Crippen molar-refractivity contribution >= 4 is 0 Å². The fraction of sp³-hybridized carbons (Fsp3) is 0.917. The molecule has 3 heteroatoms. The SMILES string of the molecule is CC(CN1CCCCC1)NCCCC#N. The fourth-order valence-electron chi connectivity index (χ4n) is 2.11. The second-order valence-electron chi connectivity index (χ2n) is 4.48. The van der Waals surface area contributed by atoms with Crippen LogP contribution in [-0.4, -0.2) is 37.1 Å². The molecule has 15 heavy (non-hydrogen) atoms. The van der Waals surface area contributed by atoms with E-state index in [1.165, 1.54) is 32.4 Å². The molecule has 1 atom stereocenters. The van der Waals surface area contributed by atoms with E-state index in [0.717, 1.165) is 19.5 Å². The third-order valence-electron chi connectivity index (χ3n) is 2.94. The number of nitrogens with zero attached hydrogens (tertiary/aromatic N) is 2. The van der Waals surface area contributed by atoms with E-state index in [1.807, 2.05) is 0 Å². The molecule has 1 fully saturated rings. The Balaban J connectivity index is 2.01. The van der Waals surface area contributed by atoms with Gasteiger partial charge in [-0.1, -0.05) is 6.42 Å². The van der Waals surface area contributed by atoms with Crippen LogP contribution in [0.1, 0.15) is 39.0 Å². The van der Waals surface area contributed by atoms with Crippen LogP contribution in [-0.2, 0) is 0 Å². The number of likely N-dealkylation sites (tertiary alicyclic amines) is 1. The van der Waals surface area contributed by atoms with E-state index in [4.69, 9.17) is 5.26 Å². The Morgan fingerprint density at radius 2 is 2.07 bits per heavy atom. The van der Waals surface area contributed by atoms with E-state index in [0.29, 0.717) is 12.5 Å². The first-order valence-electron chi connectivity index (χ1n) is 6.15. The van der Waals surface area contributed by atoms with Gasteiger partial charge in [-0.05, 0) is 45.8 Å². The average Bonchev–Trinajstić information content (AvgIpc) is 2.26. The molecule has 0 aliphatic carbocycles. The van der Waals surface area contributed by atoms with Crippen LogP contribution in [0.5, 0.6) is 0 Å². The molecule has 0 radical (unpaired) electrons. The Morgan fingerprint density at radius 3 is 2.73 bits per heavy atom. The van der Waals surface area contributed by atoms with E-state index in [9.17, 15) is 0 Å². The van der Waals surface area contributed by atoms with Gasteiger partial charge in [-0.15, -0.1) is 0 Å². The monoisotopic (exact) mass is 209 g/mol. The molecule has 0 aromatic rings. The van der Waals surface area contributed by atoms with Gasteiger partial charge in [-0.3, -0.25) is 0 Å². The Kier molecular flexibility index (Phi) is 6.38. The van der Waals surface area contributed by atoms with Crippen molar-refractivity contribution < 1.29 is 0 Å². The summed E-state index contributed by atoms with van der Waals surface area (Å²) in [4.78, 5) is 2.55. The molecular weight excluding hydrogens is 186 g/mol. The van der Waals surface area contributed by atoms with Crippen LogP contribution in [0.4, 0.5) is 0 Å². The third-order valence-corrected chi connectivity index (χ3v) is 2.94. The summed E-state index contributed by atoms with van der Waals surface area (Å²) in [6, 6.07) is 2.73. The maximum atomic E-state index is 8.41. The first-order valence-corrected chi connectivity index (χ1v) is 6.15. The smallest absolute Gasteiger partial charge is 0.0622 e. The fourth-order valence-corrected chi connectivity index (χ4v) is 2.11. The number of rotatable bonds is 6. The summed E-state index contributed by atoms with van der Waals surface area (Å²) >= 11 is 0. The number of unbranched alkanes of at least 4 members (excludes halogenated alkanes) is 1. The number of hydrogen-bond acceptors (Lipinski definition) is 3. The summed E-state index contributed by atoms with van der Waals surface area (Å²) in [6.45, 7) is 6.91. The molecule has 1 N–H and O–H groups in total. The van der Waals surface area contributed by atoms with Crippen LogP contribution in [0.15, 0.2) is 0 Å². The lowest BCUT2D eigenvalue weighted by molar-refractivity contribution is 0.209. The van der Waals surface area contributed by atoms with Crippen LogP contribution < -0.4 is 5.32 Å². The molecule has 3 nitrogen and oxygen atoms in total. The Morgan fingerprint density at radius 1 is 1.33 bits per heavy atom. The van der Waals surface area contributed by atoms with Crippen molar-refractivity contribution in [3.05, 3.63) is 0 Å². The second kappa shape index (κ2) is 7.67. The van der Waals surface area contributed by atoms with Crippen LogP contribution in [0.2, 0.25) is 0 Å². The summed E-state index contributed by atoms with van der Waals surface area (Å²) in [5.41, 5.74) is 0. The molecule has 1 rings (SSSR count). The van der Waals surface area contributed by atoms with Gasteiger partial charge < -0.3 is 10.2 Å². The van der Waals surface area contributed by atoms with Crippen LogP contribution in [0, 0.1) is 11.3 Å². The van der Waals surface area contributed by atoms with E-state index in [1.54, 1.807) is 0 Å². The Hall–Kier alpha value is -0.590. The molecule has 1 unspecified atom stereocenters. The van der Waals surface area contributed by atoms with Gasteiger partial charge in [-0.2, -0.15) is 5.26 Å². The maximum Gasteiger partial charge on any atom is 0.0622 e. The van der Waals surface area contributed by atoms with Crippen LogP contribution >= 0.6 is 0 Å². The largest absolute Gasteiger partial charge is 0.313 e. The molecule has 86 valence electrons. The van der Waals surface area contributed by atoms with Gasteiger partial charge in [0.2, 0.25) is 0 Å². The van der Waals surface area contributed by atoms with Gasteiger partial charge in [0, 0.05) is 19.0 Å². The quantitative estimate of drug-likeness (QED) is 0.677. The maximum absolute atomic E-state index is 8.41. The summed E-state index contributed by atoms with van der Waals surface area (Å²) in [5, 5.41) is 11.9. The van der Waals surface area contributed by atoms with Gasteiger partial charge in [-0.25, -0.2) is 0 Å². The predicted molar refractivity (Wildman–Crippen MR) is 62.6 cm³/mol. The molecule has 0 spiro atoms. The van der Waals surface area contributed by atoms with E-state index < -0.39 is 0 Å². The summed E-state index contributed by atoms with van der Waals surface area (Å²) in [5.74, 6) is 0. The van der Waals surface area contributed by atoms with Gasteiger partial charge >= 0.3 is 0 Å². The number of hydrogen-bond donors (Lipinski definition) is 1. The first kappa shape index (κ1) is 12.5. The third kappa shape index (κ3) is 5.76. The van der Waals surface area contributed by atoms with Crippen molar-refractivity contribution in [1.29, 1.82) is 5.26 Å². The van der Waals surface area contributed by atoms with E-state index in [2.05, 4.69) is 23.2 Å². The molecule has 1 heterocycles. The van der Waals surface area contributed by atoms with Gasteiger partial charge in [0.05, 0.1) is 6.07 Å². The van der Waals surface area contributed by atoms with Gasteiger partial charge in [0.15, 0.2) is 0 Å². The second-order valence-corrected chi connectivity index (χ2v) is 4.48. The molecule has 1 saturated heterocycles. The van der Waals surface area contributed by atoms with Crippen molar-refractivity contribution in [2.75, 3.05) is 26.2 Å². The van der Waals surface area contributed by atoms with Crippen molar-refractivity contribution in [3.8, 4) is 6.07 Å². The minimum atomic E-state index is 0.557. The zero-order valence-electron chi connectivity index (χ0n) is 9.84. The molecule has 0 aromatic heterocycles. The zero-order valence-corrected chi connectivity index (χ0v) is 9.84. The number of piperidine rings is 1. The van der Waals surface area contributed by atoms with Gasteiger partial charge in [0.25, 0.3) is 0 Å². The molecule has 0 saturated carbocycles. The molecule has 1 aliphatic heterocycles. The van der Waals surface area contributed by atoms with Crippen molar-refractivity contribution in [3.63, 3.8) is 0 Å². The van der Waals surface area contributed by atoms with Crippen molar-refractivity contribution in [2.45, 2.75) is 45.1 Å². The highest BCUT2D eigenvalue weighted by Crippen LogP contribution is 2.08. The highest BCUT2D eigenvalue weighted by Gasteiger charge is 2.12. The Labute approximate surface area is 93.5 Å². The average molecular weight is 209 g/mol. The van der Waals surface area contributed by atoms with Crippen LogP contribution in [0.3, 0.4) is 0 Å². The first-order chi connectivity index (χ1) is 7.33. The number of nitriles is 1. The molecular formula is C12H23N3. The highest BCUT2D eigenvalue weighted by atomic mass is 15.1. The summed E-state index contributed by atoms with van der Waals surface area (Å²) in [6.07, 6.45) is 5.77. The standard InChI is InChI=1S/C12H23N3/c1-12(14-8-4-3-7-13)11-15-9-5-2-6-10-15/h12,14H,2-6,8-11H2,1H3. The minimum Gasteiger partial charge on any atom is -0.313 e.